The van der Waals surface area contributed by atoms with E-state index in [9.17, 15) is 9.59 Å². The molecule has 0 saturated carbocycles. The molecule has 2 heterocycles. The number of carbonyl (C=O) groups excluding carboxylic acids is 2. The molecule has 0 aromatic heterocycles. The quantitative estimate of drug-likeness (QED) is 0.758. The second-order valence-electron chi connectivity index (χ2n) is 6.87. The average molecular weight is 407 g/mol. The van der Waals surface area contributed by atoms with Gasteiger partial charge in [0.1, 0.15) is 12.4 Å². The summed E-state index contributed by atoms with van der Waals surface area (Å²) in [6.45, 7) is 2.23. The lowest BCUT2D eigenvalue weighted by Gasteiger charge is -2.29. The van der Waals surface area contributed by atoms with Gasteiger partial charge in [-0.25, -0.2) is 4.79 Å². The molecule has 2 aromatic carbocycles. The zero-order valence-corrected chi connectivity index (χ0v) is 17.0. The lowest BCUT2D eigenvalue weighted by molar-refractivity contribution is -0.136. The molecule has 4 rings (SSSR count). The molecular formula is C23H21NO4S. The molecule has 2 aromatic rings. The lowest BCUT2D eigenvalue weighted by atomic mass is 9.80. The summed E-state index contributed by atoms with van der Waals surface area (Å²) >= 11 is 1.25. The van der Waals surface area contributed by atoms with E-state index in [4.69, 9.17) is 9.47 Å². The first-order chi connectivity index (χ1) is 14.1. The Kier molecular flexibility index (Phi) is 5.45. The van der Waals surface area contributed by atoms with Crippen LogP contribution in [0.3, 0.4) is 0 Å². The van der Waals surface area contributed by atoms with E-state index in [1.54, 1.807) is 0 Å². The van der Waals surface area contributed by atoms with Gasteiger partial charge in [-0.05, 0) is 18.6 Å². The minimum atomic E-state index is -0.520. The van der Waals surface area contributed by atoms with Crippen molar-refractivity contribution in [3.8, 4) is 5.75 Å². The molecule has 0 bridgehead atoms. The van der Waals surface area contributed by atoms with Crippen molar-refractivity contribution >= 4 is 22.8 Å². The van der Waals surface area contributed by atoms with E-state index in [0.717, 1.165) is 16.8 Å². The van der Waals surface area contributed by atoms with E-state index < -0.39 is 11.9 Å². The first-order valence-electron chi connectivity index (χ1n) is 9.32. The number of benzene rings is 2. The highest BCUT2D eigenvalue weighted by Crippen LogP contribution is 2.46. The molecule has 2 aliphatic rings. The summed E-state index contributed by atoms with van der Waals surface area (Å²) in [7, 11) is 1.35. The Bertz CT molecular complexity index is 1030. The van der Waals surface area contributed by atoms with Crippen LogP contribution in [-0.4, -0.2) is 23.9 Å². The molecule has 6 heteroatoms. The molecule has 1 atom stereocenters. The number of carbonyl (C=O) groups is 2. The van der Waals surface area contributed by atoms with Crippen molar-refractivity contribution in [3.05, 3.63) is 88.3 Å². The van der Waals surface area contributed by atoms with Crippen molar-refractivity contribution in [2.24, 2.45) is 0 Å². The Morgan fingerprint density at radius 2 is 1.86 bits per heavy atom. The van der Waals surface area contributed by atoms with Gasteiger partial charge < -0.3 is 14.8 Å². The van der Waals surface area contributed by atoms with E-state index in [0.29, 0.717) is 35.0 Å². The van der Waals surface area contributed by atoms with E-state index >= 15 is 0 Å². The second-order valence-corrected chi connectivity index (χ2v) is 7.82. The standard InChI is InChI=1S/C23H21NO4S/c1-14-19(22(25)27-2)20(21-17(24-14)13-29-23(21)26)16-10-6-7-11-18(16)28-12-15-8-4-3-5-9-15/h3-11,20,24H,12-13H2,1-2H3. The van der Waals surface area contributed by atoms with Gasteiger partial charge in [0.15, 0.2) is 0 Å². The summed E-state index contributed by atoms with van der Waals surface area (Å²) < 4.78 is 11.2. The first kappa shape index (κ1) is 19.3. The Balaban J connectivity index is 1.77. The number of rotatable bonds is 5. The first-order valence-corrected chi connectivity index (χ1v) is 10.3. The van der Waals surface area contributed by atoms with Gasteiger partial charge in [0.05, 0.1) is 18.6 Å². The number of hydrogen-bond acceptors (Lipinski definition) is 6. The number of allylic oxidation sites excluding steroid dienone is 1. The smallest absolute Gasteiger partial charge is 0.336 e. The van der Waals surface area contributed by atoms with Crippen molar-refractivity contribution in [1.29, 1.82) is 0 Å². The number of hydrogen-bond donors (Lipinski definition) is 1. The van der Waals surface area contributed by atoms with Gasteiger partial charge in [0.2, 0.25) is 5.12 Å². The topological polar surface area (TPSA) is 64.6 Å². The largest absolute Gasteiger partial charge is 0.489 e. The number of thioether (sulfide) groups is 1. The van der Waals surface area contributed by atoms with E-state index in [-0.39, 0.29) is 5.12 Å². The predicted octanol–water partition coefficient (Wildman–Crippen LogP) is 3.93. The Morgan fingerprint density at radius 3 is 2.62 bits per heavy atom. The van der Waals surface area contributed by atoms with Crippen LogP contribution in [0.15, 0.2) is 77.1 Å². The molecule has 2 aliphatic heterocycles. The normalized spacial score (nSPS) is 18.4. The van der Waals surface area contributed by atoms with Crippen LogP contribution in [0.2, 0.25) is 0 Å². The summed E-state index contributed by atoms with van der Waals surface area (Å²) in [5, 5.41) is 3.20. The van der Waals surface area contributed by atoms with Crippen molar-refractivity contribution in [2.45, 2.75) is 19.4 Å². The number of ether oxygens (including phenoxy) is 2. The molecule has 0 spiro atoms. The monoisotopic (exact) mass is 407 g/mol. The van der Waals surface area contributed by atoms with Crippen LogP contribution in [0.5, 0.6) is 5.75 Å². The highest BCUT2D eigenvalue weighted by molar-refractivity contribution is 8.14. The molecule has 0 amide bonds. The van der Waals surface area contributed by atoms with Gasteiger partial charge in [0.25, 0.3) is 0 Å². The fourth-order valence-electron chi connectivity index (χ4n) is 3.74. The van der Waals surface area contributed by atoms with Gasteiger partial charge in [-0.3, -0.25) is 4.79 Å². The van der Waals surface area contributed by atoms with Crippen LogP contribution in [-0.2, 0) is 20.9 Å². The van der Waals surface area contributed by atoms with E-state index in [1.807, 2.05) is 61.5 Å². The molecular weight excluding hydrogens is 386 g/mol. The fraction of sp³-hybridized carbons (Fsp3) is 0.217. The van der Waals surface area contributed by atoms with Crippen molar-refractivity contribution in [1.82, 2.24) is 5.32 Å². The summed E-state index contributed by atoms with van der Waals surface area (Å²) in [5.74, 6) is 0.250. The molecule has 5 nitrogen and oxygen atoms in total. The van der Waals surface area contributed by atoms with Crippen LogP contribution in [0.4, 0.5) is 0 Å². The minimum absolute atomic E-state index is 0.0238. The van der Waals surface area contributed by atoms with E-state index in [2.05, 4.69) is 5.32 Å². The number of dihydropyridines is 1. The van der Waals surface area contributed by atoms with Gasteiger partial charge in [0, 0.05) is 28.3 Å². The van der Waals surface area contributed by atoms with Gasteiger partial charge in [-0.2, -0.15) is 0 Å². The van der Waals surface area contributed by atoms with Crippen LogP contribution in [0.25, 0.3) is 0 Å². The van der Waals surface area contributed by atoms with Crippen LogP contribution < -0.4 is 10.1 Å². The summed E-state index contributed by atoms with van der Waals surface area (Å²) in [4.78, 5) is 25.3. The Hall–Kier alpha value is -2.99. The highest BCUT2D eigenvalue weighted by atomic mass is 32.2. The summed E-state index contributed by atoms with van der Waals surface area (Å²) in [6.07, 6.45) is 0. The molecule has 148 valence electrons. The summed E-state index contributed by atoms with van der Waals surface area (Å²) in [6, 6.07) is 17.4. The van der Waals surface area contributed by atoms with Crippen molar-refractivity contribution < 1.29 is 19.1 Å². The SMILES string of the molecule is COC(=O)C1=C(C)NC2=C(C(=O)SC2)C1c1ccccc1OCc1ccccc1. The third-order valence-corrected chi connectivity index (χ3v) is 6.00. The van der Waals surface area contributed by atoms with E-state index in [1.165, 1.54) is 18.9 Å². The lowest BCUT2D eigenvalue weighted by Crippen LogP contribution is -2.30. The summed E-state index contributed by atoms with van der Waals surface area (Å²) in [5.41, 5.74) is 4.43. The third kappa shape index (κ3) is 3.68. The highest BCUT2D eigenvalue weighted by Gasteiger charge is 2.41. The fourth-order valence-corrected chi connectivity index (χ4v) is 4.64. The molecule has 0 radical (unpaired) electrons. The maximum absolute atomic E-state index is 12.7. The maximum atomic E-state index is 12.7. The Morgan fingerprint density at radius 1 is 1.14 bits per heavy atom. The molecule has 29 heavy (non-hydrogen) atoms. The second kappa shape index (κ2) is 8.17. The van der Waals surface area contributed by atoms with Gasteiger partial charge in [-0.1, -0.05) is 60.3 Å². The molecule has 0 fully saturated rings. The maximum Gasteiger partial charge on any atom is 0.336 e. The third-order valence-electron chi connectivity index (χ3n) is 5.08. The number of para-hydroxylation sites is 1. The number of esters is 1. The molecule has 0 aliphatic carbocycles. The van der Waals surface area contributed by atoms with Crippen molar-refractivity contribution in [3.63, 3.8) is 0 Å². The zero-order valence-electron chi connectivity index (χ0n) is 16.2. The van der Waals surface area contributed by atoms with Crippen LogP contribution in [0, 0.1) is 0 Å². The molecule has 1 N–H and O–H groups in total. The van der Waals surface area contributed by atoms with Gasteiger partial charge in [-0.15, -0.1) is 0 Å². The van der Waals surface area contributed by atoms with Crippen LogP contribution >= 0.6 is 11.8 Å². The van der Waals surface area contributed by atoms with Gasteiger partial charge >= 0.3 is 5.97 Å². The number of methoxy groups -OCH3 is 1. The average Bonchev–Trinajstić information content (AvgIpc) is 3.12. The zero-order chi connectivity index (χ0) is 20.4. The van der Waals surface area contributed by atoms with Crippen LogP contribution in [0.1, 0.15) is 24.0 Å². The molecule has 1 unspecified atom stereocenters. The Labute approximate surface area is 173 Å². The van der Waals surface area contributed by atoms with Crippen molar-refractivity contribution in [2.75, 3.05) is 12.9 Å². The minimum Gasteiger partial charge on any atom is -0.489 e. The number of nitrogens with one attached hydrogen (secondary N) is 1. The molecule has 0 saturated heterocycles. The predicted molar refractivity (Wildman–Crippen MR) is 112 cm³/mol.